The van der Waals surface area contributed by atoms with Gasteiger partial charge in [-0.25, -0.2) is 8.42 Å². The van der Waals surface area contributed by atoms with E-state index in [1.165, 1.54) is 25.7 Å². The summed E-state index contributed by atoms with van der Waals surface area (Å²) in [7, 11) is -0.690. The van der Waals surface area contributed by atoms with Crippen molar-refractivity contribution in [1.82, 2.24) is 4.90 Å². The van der Waals surface area contributed by atoms with Crippen LogP contribution in [0, 0.1) is 11.8 Å². The molecule has 2 saturated carbocycles. The third kappa shape index (κ3) is 1.82. The summed E-state index contributed by atoms with van der Waals surface area (Å²) < 4.78 is 23.3. The number of rotatable bonds is 3. The van der Waals surface area contributed by atoms with Crippen molar-refractivity contribution in [3.05, 3.63) is 0 Å². The van der Waals surface area contributed by atoms with E-state index in [1.54, 1.807) is 0 Å². The zero-order valence-corrected chi connectivity index (χ0v) is 12.0. The van der Waals surface area contributed by atoms with E-state index in [2.05, 4.69) is 11.9 Å². The average Bonchev–Trinajstić information content (AvgIpc) is 3.01. The maximum absolute atomic E-state index is 11.7. The van der Waals surface area contributed by atoms with Gasteiger partial charge in [0, 0.05) is 18.1 Å². The van der Waals surface area contributed by atoms with Crippen molar-refractivity contribution in [2.45, 2.75) is 43.7 Å². The zero-order valence-electron chi connectivity index (χ0n) is 11.1. The molecule has 0 aromatic heterocycles. The third-order valence-electron chi connectivity index (χ3n) is 5.76. The molecular weight excluding hydrogens is 248 g/mol. The Bertz CT molecular complexity index is 436. The molecule has 3 rings (SSSR count). The van der Waals surface area contributed by atoms with Gasteiger partial charge in [0.1, 0.15) is 0 Å². The van der Waals surface area contributed by atoms with Crippen LogP contribution in [-0.4, -0.2) is 50.0 Å². The molecular formula is C13H24N2O2S. The van der Waals surface area contributed by atoms with Crippen molar-refractivity contribution in [1.29, 1.82) is 0 Å². The van der Waals surface area contributed by atoms with Crippen LogP contribution in [0.5, 0.6) is 0 Å². The molecule has 4 atom stereocenters. The third-order valence-corrected chi connectivity index (χ3v) is 7.51. The topological polar surface area (TPSA) is 63.4 Å². The van der Waals surface area contributed by atoms with E-state index in [0.717, 1.165) is 12.3 Å². The Kier molecular flexibility index (Phi) is 2.99. The molecule has 1 aliphatic heterocycles. The van der Waals surface area contributed by atoms with Gasteiger partial charge < -0.3 is 5.73 Å². The average molecular weight is 272 g/mol. The van der Waals surface area contributed by atoms with E-state index in [0.29, 0.717) is 24.0 Å². The van der Waals surface area contributed by atoms with Crippen LogP contribution in [0.25, 0.3) is 0 Å². The molecule has 3 fully saturated rings. The number of nitrogens with zero attached hydrogens (tertiary/aromatic N) is 1. The Hall–Kier alpha value is -0.130. The molecule has 18 heavy (non-hydrogen) atoms. The van der Waals surface area contributed by atoms with E-state index >= 15 is 0 Å². The summed E-state index contributed by atoms with van der Waals surface area (Å²) in [5.41, 5.74) is 6.19. The molecule has 0 radical (unpaired) electrons. The maximum atomic E-state index is 11.7. The van der Waals surface area contributed by atoms with Crippen LogP contribution in [0.3, 0.4) is 0 Å². The van der Waals surface area contributed by atoms with Gasteiger partial charge in [0.25, 0.3) is 0 Å². The van der Waals surface area contributed by atoms with E-state index in [-0.39, 0.29) is 11.6 Å². The van der Waals surface area contributed by atoms with Gasteiger partial charge in [-0.1, -0.05) is 6.42 Å². The van der Waals surface area contributed by atoms with Crippen LogP contribution in [0.4, 0.5) is 0 Å². The van der Waals surface area contributed by atoms with Crippen LogP contribution >= 0.6 is 0 Å². The number of hydrogen-bond donors (Lipinski definition) is 1. The molecule has 3 aliphatic rings. The maximum Gasteiger partial charge on any atom is 0.151 e. The van der Waals surface area contributed by atoms with Crippen LogP contribution in [0.2, 0.25) is 0 Å². The Labute approximate surface area is 110 Å². The van der Waals surface area contributed by atoms with Crippen molar-refractivity contribution in [3.8, 4) is 0 Å². The number of fused-ring (bicyclic) bond motifs is 2. The lowest BCUT2D eigenvalue weighted by Gasteiger charge is -2.47. The first kappa shape index (κ1) is 12.9. The summed E-state index contributed by atoms with van der Waals surface area (Å²) in [5.74, 6) is 2.22. The summed E-state index contributed by atoms with van der Waals surface area (Å²) in [6.45, 7) is 0.682. The molecule has 2 aliphatic carbocycles. The van der Waals surface area contributed by atoms with Crippen molar-refractivity contribution in [2.24, 2.45) is 17.6 Å². The van der Waals surface area contributed by atoms with Crippen LogP contribution in [0.1, 0.15) is 32.1 Å². The fourth-order valence-corrected chi connectivity index (χ4v) is 6.46. The monoisotopic (exact) mass is 272 g/mol. The van der Waals surface area contributed by atoms with Gasteiger partial charge >= 0.3 is 0 Å². The Morgan fingerprint density at radius 2 is 2.11 bits per heavy atom. The molecule has 4 nitrogen and oxygen atoms in total. The van der Waals surface area contributed by atoms with Crippen LogP contribution in [-0.2, 0) is 9.84 Å². The lowest BCUT2D eigenvalue weighted by atomic mass is 9.79. The minimum atomic E-state index is -2.80. The van der Waals surface area contributed by atoms with Crippen LogP contribution < -0.4 is 5.73 Å². The number of nitrogens with two attached hydrogens (primary N) is 1. The number of hydrogen-bond acceptors (Lipinski definition) is 4. The summed E-state index contributed by atoms with van der Waals surface area (Å²) >= 11 is 0. The zero-order chi connectivity index (χ0) is 13.0. The first-order valence-electron chi connectivity index (χ1n) is 7.10. The lowest BCUT2D eigenvalue weighted by Crippen LogP contribution is -2.59. The highest BCUT2D eigenvalue weighted by molar-refractivity contribution is 7.91. The Morgan fingerprint density at radius 3 is 2.56 bits per heavy atom. The van der Waals surface area contributed by atoms with E-state index in [9.17, 15) is 8.42 Å². The van der Waals surface area contributed by atoms with E-state index in [1.807, 2.05) is 0 Å². The predicted molar refractivity (Wildman–Crippen MR) is 72.1 cm³/mol. The highest BCUT2D eigenvalue weighted by Gasteiger charge is 2.54. The van der Waals surface area contributed by atoms with Gasteiger partial charge in [0.15, 0.2) is 9.84 Å². The molecule has 4 unspecified atom stereocenters. The van der Waals surface area contributed by atoms with Crippen LogP contribution in [0.15, 0.2) is 0 Å². The quantitative estimate of drug-likeness (QED) is 0.818. The molecule has 5 heteroatoms. The fraction of sp³-hybridized carbons (Fsp3) is 1.00. The van der Waals surface area contributed by atoms with Gasteiger partial charge in [0.05, 0.1) is 11.5 Å². The van der Waals surface area contributed by atoms with E-state index in [4.69, 9.17) is 5.73 Å². The molecule has 1 saturated heterocycles. The highest BCUT2D eigenvalue weighted by atomic mass is 32.2. The molecule has 0 spiro atoms. The molecule has 0 aromatic carbocycles. The standard InChI is InChI=1S/C13H24N2O2S/c1-15(12-4-5-18(16,17)8-12)13(9-14)7-10-2-3-11(13)6-10/h10-12H,2-9,14H2,1H3. The molecule has 2 N–H and O–H groups in total. The minimum absolute atomic E-state index is 0.0907. The summed E-state index contributed by atoms with van der Waals surface area (Å²) in [6, 6.07) is 0.192. The van der Waals surface area contributed by atoms with Crippen molar-refractivity contribution in [2.75, 3.05) is 25.1 Å². The second-order valence-corrected chi connectivity index (χ2v) is 8.78. The number of sulfone groups is 1. The molecule has 0 amide bonds. The van der Waals surface area contributed by atoms with Gasteiger partial charge in [-0.2, -0.15) is 0 Å². The normalized spacial score (nSPS) is 46.1. The molecule has 1 heterocycles. The van der Waals surface area contributed by atoms with Crippen molar-refractivity contribution in [3.63, 3.8) is 0 Å². The van der Waals surface area contributed by atoms with Crippen molar-refractivity contribution >= 4 is 9.84 Å². The first-order valence-corrected chi connectivity index (χ1v) is 8.92. The Morgan fingerprint density at radius 1 is 1.33 bits per heavy atom. The molecule has 2 bridgehead atoms. The predicted octanol–water partition coefficient (Wildman–Crippen LogP) is 0.623. The highest BCUT2D eigenvalue weighted by Crippen LogP contribution is 2.53. The SMILES string of the molecule is CN(C1CCS(=O)(=O)C1)C1(CN)CC2CCC1C2. The summed E-state index contributed by atoms with van der Waals surface area (Å²) in [5, 5.41) is 0. The van der Waals surface area contributed by atoms with Gasteiger partial charge in [-0.05, 0) is 44.6 Å². The van der Waals surface area contributed by atoms with Gasteiger partial charge in [-0.3, -0.25) is 4.90 Å². The summed E-state index contributed by atoms with van der Waals surface area (Å²) in [6.07, 6.45) is 5.91. The second-order valence-electron chi connectivity index (χ2n) is 6.56. The fourth-order valence-electron chi connectivity index (χ4n) is 4.69. The second kappa shape index (κ2) is 4.18. The first-order chi connectivity index (χ1) is 8.47. The molecule has 104 valence electrons. The number of likely N-dealkylation sites (N-methyl/N-ethyl adjacent to an activating group) is 1. The smallest absolute Gasteiger partial charge is 0.151 e. The van der Waals surface area contributed by atoms with Crippen molar-refractivity contribution < 1.29 is 8.42 Å². The largest absolute Gasteiger partial charge is 0.329 e. The summed E-state index contributed by atoms with van der Waals surface area (Å²) in [4.78, 5) is 2.35. The molecule has 0 aromatic rings. The van der Waals surface area contributed by atoms with E-state index < -0.39 is 9.84 Å². The Balaban J connectivity index is 1.81. The van der Waals surface area contributed by atoms with Gasteiger partial charge in [-0.15, -0.1) is 0 Å². The minimum Gasteiger partial charge on any atom is -0.329 e. The lowest BCUT2D eigenvalue weighted by molar-refractivity contribution is 0.0369. The van der Waals surface area contributed by atoms with Gasteiger partial charge in [0.2, 0.25) is 0 Å².